The third kappa shape index (κ3) is 2.96. The van der Waals surface area contributed by atoms with Gasteiger partial charge in [-0.15, -0.1) is 0 Å². The van der Waals surface area contributed by atoms with Crippen molar-refractivity contribution in [2.24, 2.45) is 0 Å². The highest BCUT2D eigenvalue weighted by Gasteiger charge is 2.28. The minimum Gasteiger partial charge on any atom is -0.394 e. The minimum atomic E-state index is -0.221. The van der Waals surface area contributed by atoms with Gasteiger partial charge in [-0.3, -0.25) is 4.79 Å². The quantitative estimate of drug-likeness (QED) is 0.886. The van der Waals surface area contributed by atoms with Crippen molar-refractivity contribution < 1.29 is 9.90 Å². The van der Waals surface area contributed by atoms with Crippen LogP contribution in [-0.2, 0) is 12.8 Å². The van der Waals surface area contributed by atoms with E-state index in [1.54, 1.807) is 0 Å². The molecule has 5 nitrogen and oxygen atoms in total. The van der Waals surface area contributed by atoms with Gasteiger partial charge in [0.05, 0.1) is 18.3 Å². The number of aliphatic hydroxyl groups excluding tert-OH is 1. The van der Waals surface area contributed by atoms with Gasteiger partial charge in [0.2, 0.25) is 0 Å². The monoisotopic (exact) mass is 327 g/mol. The molecule has 0 fully saturated rings. The van der Waals surface area contributed by atoms with E-state index >= 15 is 0 Å². The number of amides is 1. The molecule has 2 N–H and O–H groups in total. The van der Waals surface area contributed by atoms with Gasteiger partial charge < -0.3 is 10.4 Å². The fraction of sp³-hybridized carbons (Fsp3) is 0.474. The number of hydrogen-bond donors (Lipinski definition) is 2. The highest BCUT2D eigenvalue weighted by Crippen LogP contribution is 2.29. The molecule has 0 spiro atoms. The first-order chi connectivity index (χ1) is 11.5. The van der Waals surface area contributed by atoms with Gasteiger partial charge in [0.1, 0.15) is 0 Å². The van der Waals surface area contributed by atoms with E-state index in [4.69, 9.17) is 0 Å². The number of nitrogens with zero attached hydrogens (tertiary/aromatic N) is 2. The first kappa shape index (κ1) is 16.7. The zero-order valence-electron chi connectivity index (χ0n) is 14.6. The molecule has 128 valence electrons. The third-order valence-corrected chi connectivity index (χ3v) is 4.77. The molecule has 2 aromatic rings. The third-order valence-electron chi connectivity index (χ3n) is 4.77. The molecular formula is C19H25N3O2. The Hall–Kier alpha value is -2.14. The summed E-state index contributed by atoms with van der Waals surface area (Å²) in [5.41, 5.74) is 6.11. The SMILES string of the molecule is CCC(CO)NC(=O)c1nn(-c2ccc(C)cc2C)c2c1CCC2. The van der Waals surface area contributed by atoms with Gasteiger partial charge in [0, 0.05) is 11.3 Å². The fourth-order valence-corrected chi connectivity index (χ4v) is 3.39. The molecule has 5 heteroatoms. The zero-order chi connectivity index (χ0) is 17.3. The Bertz CT molecular complexity index is 760. The standard InChI is InChI=1S/C19H25N3O2/c1-4-14(11-23)20-19(24)18-15-6-5-7-17(15)22(21-18)16-9-8-12(2)10-13(16)3/h8-10,14,23H,4-7,11H2,1-3H3,(H,20,24). The second-order valence-corrected chi connectivity index (χ2v) is 6.59. The van der Waals surface area contributed by atoms with E-state index in [0.717, 1.165) is 41.8 Å². The molecule has 0 bridgehead atoms. The predicted octanol–water partition coefficient (Wildman–Crippen LogP) is 2.48. The van der Waals surface area contributed by atoms with Crippen LogP contribution in [0.25, 0.3) is 5.69 Å². The molecule has 1 aromatic carbocycles. The average molecular weight is 327 g/mol. The number of hydrogen-bond acceptors (Lipinski definition) is 3. The molecule has 0 aliphatic heterocycles. The van der Waals surface area contributed by atoms with E-state index in [1.165, 1.54) is 5.56 Å². The Kier molecular flexibility index (Phi) is 4.71. The van der Waals surface area contributed by atoms with Crippen molar-refractivity contribution in [1.29, 1.82) is 0 Å². The van der Waals surface area contributed by atoms with Gasteiger partial charge in [0.15, 0.2) is 5.69 Å². The van der Waals surface area contributed by atoms with Crippen LogP contribution in [0.1, 0.15) is 52.6 Å². The van der Waals surface area contributed by atoms with Gasteiger partial charge in [-0.25, -0.2) is 4.68 Å². The van der Waals surface area contributed by atoms with Crippen molar-refractivity contribution in [3.8, 4) is 5.69 Å². The van der Waals surface area contributed by atoms with Crippen molar-refractivity contribution in [2.75, 3.05) is 6.61 Å². The number of benzene rings is 1. The Morgan fingerprint density at radius 1 is 1.38 bits per heavy atom. The molecule has 1 aromatic heterocycles. The summed E-state index contributed by atoms with van der Waals surface area (Å²) < 4.78 is 1.94. The van der Waals surface area contributed by atoms with Crippen LogP contribution in [0, 0.1) is 13.8 Å². The summed E-state index contributed by atoms with van der Waals surface area (Å²) >= 11 is 0. The summed E-state index contributed by atoms with van der Waals surface area (Å²) in [6, 6.07) is 6.06. The Morgan fingerprint density at radius 3 is 2.83 bits per heavy atom. The first-order valence-corrected chi connectivity index (χ1v) is 8.65. The number of fused-ring (bicyclic) bond motifs is 1. The van der Waals surface area contributed by atoms with E-state index in [1.807, 2.05) is 11.6 Å². The topological polar surface area (TPSA) is 67.2 Å². The number of nitrogens with one attached hydrogen (secondary N) is 1. The molecule has 1 aliphatic carbocycles. The molecule has 1 aliphatic rings. The Labute approximate surface area is 142 Å². The number of rotatable bonds is 5. The maximum Gasteiger partial charge on any atom is 0.272 e. The summed E-state index contributed by atoms with van der Waals surface area (Å²) in [6.45, 7) is 6.04. The highest BCUT2D eigenvalue weighted by atomic mass is 16.3. The van der Waals surface area contributed by atoms with Gasteiger partial charge in [-0.2, -0.15) is 5.10 Å². The van der Waals surface area contributed by atoms with Crippen LogP contribution in [0.2, 0.25) is 0 Å². The summed E-state index contributed by atoms with van der Waals surface area (Å²) in [6.07, 6.45) is 3.58. The minimum absolute atomic E-state index is 0.0534. The molecule has 1 unspecified atom stereocenters. The second kappa shape index (κ2) is 6.77. The molecule has 0 radical (unpaired) electrons. The van der Waals surface area contributed by atoms with E-state index in [2.05, 4.69) is 42.5 Å². The van der Waals surface area contributed by atoms with Crippen molar-refractivity contribution >= 4 is 5.91 Å². The zero-order valence-corrected chi connectivity index (χ0v) is 14.6. The van der Waals surface area contributed by atoms with Gasteiger partial charge in [-0.1, -0.05) is 24.6 Å². The summed E-state index contributed by atoms with van der Waals surface area (Å²) in [5, 5.41) is 16.8. The number of aliphatic hydroxyl groups is 1. The Morgan fingerprint density at radius 2 is 2.17 bits per heavy atom. The van der Waals surface area contributed by atoms with Crippen LogP contribution in [0.5, 0.6) is 0 Å². The van der Waals surface area contributed by atoms with Gasteiger partial charge in [0.25, 0.3) is 5.91 Å². The summed E-state index contributed by atoms with van der Waals surface area (Å²) in [7, 11) is 0. The number of aromatic nitrogens is 2. The summed E-state index contributed by atoms with van der Waals surface area (Å²) in [5.74, 6) is -0.183. The lowest BCUT2D eigenvalue weighted by Crippen LogP contribution is -2.37. The van der Waals surface area contributed by atoms with Crippen molar-refractivity contribution in [3.63, 3.8) is 0 Å². The lowest BCUT2D eigenvalue weighted by atomic mass is 10.1. The molecule has 1 atom stereocenters. The molecule has 1 heterocycles. The molecule has 0 saturated heterocycles. The van der Waals surface area contributed by atoms with Crippen molar-refractivity contribution in [3.05, 3.63) is 46.3 Å². The van der Waals surface area contributed by atoms with Crippen LogP contribution >= 0.6 is 0 Å². The van der Waals surface area contributed by atoms with Crippen LogP contribution in [0.15, 0.2) is 18.2 Å². The van der Waals surface area contributed by atoms with Gasteiger partial charge >= 0.3 is 0 Å². The van der Waals surface area contributed by atoms with E-state index in [-0.39, 0.29) is 18.6 Å². The molecule has 24 heavy (non-hydrogen) atoms. The number of carbonyl (C=O) groups excluding carboxylic acids is 1. The van der Waals surface area contributed by atoms with E-state index < -0.39 is 0 Å². The number of carbonyl (C=O) groups is 1. The first-order valence-electron chi connectivity index (χ1n) is 8.65. The molecular weight excluding hydrogens is 302 g/mol. The largest absolute Gasteiger partial charge is 0.394 e. The highest BCUT2D eigenvalue weighted by molar-refractivity contribution is 5.94. The number of aryl methyl sites for hydroxylation is 2. The molecule has 0 saturated carbocycles. The Balaban J connectivity index is 2.00. The maximum absolute atomic E-state index is 12.6. The predicted molar refractivity (Wildman–Crippen MR) is 93.7 cm³/mol. The molecule has 3 rings (SSSR count). The second-order valence-electron chi connectivity index (χ2n) is 6.59. The van der Waals surface area contributed by atoms with E-state index in [9.17, 15) is 9.90 Å². The van der Waals surface area contributed by atoms with Crippen molar-refractivity contribution in [1.82, 2.24) is 15.1 Å². The fourth-order valence-electron chi connectivity index (χ4n) is 3.39. The normalized spacial score (nSPS) is 14.5. The van der Waals surface area contributed by atoms with Crippen LogP contribution in [0.3, 0.4) is 0 Å². The lowest BCUT2D eigenvalue weighted by molar-refractivity contribution is 0.0908. The van der Waals surface area contributed by atoms with E-state index in [0.29, 0.717) is 12.1 Å². The van der Waals surface area contributed by atoms with Crippen molar-refractivity contribution in [2.45, 2.75) is 52.5 Å². The maximum atomic E-state index is 12.6. The smallest absolute Gasteiger partial charge is 0.272 e. The average Bonchev–Trinajstić information content (AvgIpc) is 3.15. The van der Waals surface area contributed by atoms with Crippen LogP contribution < -0.4 is 5.32 Å². The lowest BCUT2D eigenvalue weighted by Gasteiger charge is -2.13. The molecule has 1 amide bonds. The van der Waals surface area contributed by atoms with Crippen LogP contribution in [0.4, 0.5) is 0 Å². The summed E-state index contributed by atoms with van der Waals surface area (Å²) in [4.78, 5) is 12.6. The van der Waals surface area contributed by atoms with Crippen LogP contribution in [-0.4, -0.2) is 33.4 Å². The van der Waals surface area contributed by atoms with Gasteiger partial charge in [-0.05, 0) is 51.2 Å².